The summed E-state index contributed by atoms with van der Waals surface area (Å²) in [5, 5.41) is 12.3. The van der Waals surface area contributed by atoms with Crippen LogP contribution in [0.5, 0.6) is 0 Å². The highest BCUT2D eigenvalue weighted by Gasteiger charge is 2.27. The van der Waals surface area contributed by atoms with Gasteiger partial charge < -0.3 is 10.0 Å². The smallest absolute Gasteiger partial charge is 0.226 e. The van der Waals surface area contributed by atoms with Crippen LogP contribution in [-0.2, 0) is 11.2 Å². The molecule has 0 spiro atoms. The molecule has 1 N–H and O–H groups in total. The monoisotopic (exact) mass is 297 g/mol. The van der Waals surface area contributed by atoms with Crippen LogP contribution in [0.4, 0.5) is 0 Å². The van der Waals surface area contributed by atoms with E-state index >= 15 is 0 Å². The third-order valence-corrected chi connectivity index (χ3v) is 4.72. The summed E-state index contributed by atoms with van der Waals surface area (Å²) in [6, 6.07) is 14.4. The third kappa shape index (κ3) is 3.30. The lowest BCUT2D eigenvalue weighted by molar-refractivity contribution is -0.130. The van der Waals surface area contributed by atoms with Crippen molar-refractivity contribution >= 4 is 16.7 Å². The fourth-order valence-electron chi connectivity index (χ4n) is 3.34. The van der Waals surface area contributed by atoms with Gasteiger partial charge in [-0.3, -0.25) is 4.79 Å². The molecule has 2 atom stereocenters. The Hall–Kier alpha value is -1.87. The molecule has 1 aliphatic carbocycles. The molecule has 0 aliphatic heterocycles. The van der Waals surface area contributed by atoms with Crippen LogP contribution in [0.2, 0.25) is 0 Å². The SMILES string of the molecule is CN(CC1CCCC1O)C(=O)Cc1ccc2ccccc2c1. The van der Waals surface area contributed by atoms with Crippen molar-refractivity contribution in [2.75, 3.05) is 13.6 Å². The highest BCUT2D eigenvalue weighted by Crippen LogP contribution is 2.26. The minimum absolute atomic E-state index is 0.120. The number of amides is 1. The van der Waals surface area contributed by atoms with E-state index in [1.54, 1.807) is 4.90 Å². The van der Waals surface area contributed by atoms with Gasteiger partial charge in [-0.25, -0.2) is 0 Å². The molecule has 0 bridgehead atoms. The predicted molar refractivity (Wildman–Crippen MR) is 88.6 cm³/mol. The van der Waals surface area contributed by atoms with Crippen molar-refractivity contribution in [2.45, 2.75) is 31.8 Å². The summed E-state index contributed by atoms with van der Waals surface area (Å²) in [5.74, 6) is 0.361. The van der Waals surface area contributed by atoms with E-state index in [4.69, 9.17) is 0 Å². The fraction of sp³-hybridized carbons (Fsp3) is 0.421. The number of hydrogen-bond acceptors (Lipinski definition) is 2. The average molecular weight is 297 g/mol. The number of carbonyl (C=O) groups is 1. The van der Waals surface area contributed by atoms with Crippen molar-refractivity contribution < 1.29 is 9.90 Å². The van der Waals surface area contributed by atoms with Gasteiger partial charge in [0.2, 0.25) is 5.91 Å². The summed E-state index contributed by atoms with van der Waals surface area (Å²) in [7, 11) is 1.84. The quantitative estimate of drug-likeness (QED) is 0.942. The Balaban J connectivity index is 1.64. The molecule has 3 heteroatoms. The minimum atomic E-state index is -0.240. The molecule has 116 valence electrons. The van der Waals surface area contributed by atoms with Gasteiger partial charge in [0.1, 0.15) is 0 Å². The van der Waals surface area contributed by atoms with E-state index in [0.29, 0.717) is 13.0 Å². The summed E-state index contributed by atoms with van der Waals surface area (Å²) < 4.78 is 0. The van der Waals surface area contributed by atoms with Crippen LogP contribution < -0.4 is 0 Å². The molecule has 0 radical (unpaired) electrons. The molecule has 2 aromatic carbocycles. The van der Waals surface area contributed by atoms with Crippen molar-refractivity contribution in [2.24, 2.45) is 5.92 Å². The van der Waals surface area contributed by atoms with Crippen molar-refractivity contribution in [3.63, 3.8) is 0 Å². The normalized spacial score (nSPS) is 21.2. The highest BCUT2D eigenvalue weighted by atomic mass is 16.3. The molecule has 2 unspecified atom stereocenters. The van der Waals surface area contributed by atoms with Gasteiger partial charge in [0.15, 0.2) is 0 Å². The number of rotatable bonds is 4. The maximum atomic E-state index is 12.4. The van der Waals surface area contributed by atoms with Gasteiger partial charge in [-0.1, -0.05) is 48.9 Å². The molecular weight excluding hydrogens is 274 g/mol. The lowest BCUT2D eigenvalue weighted by Gasteiger charge is -2.23. The number of fused-ring (bicyclic) bond motifs is 1. The van der Waals surface area contributed by atoms with E-state index in [2.05, 4.69) is 24.3 Å². The maximum Gasteiger partial charge on any atom is 0.226 e. The molecule has 3 nitrogen and oxygen atoms in total. The predicted octanol–water partition coefficient (Wildman–Crippen LogP) is 3.00. The van der Waals surface area contributed by atoms with E-state index in [9.17, 15) is 9.90 Å². The Morgan fingerprint density at radius 1 is 1.18 bits per heavy atom. The summed E-state index contributed by atoms with van der Waals surface area (Å²) in [6.45, 7) is 0.660. The number of aliphatic hydroxyl groups is 1. The summed E-state index contributed by atoms with van der Waals surface area (Å²) in [4.78, 5) is 14.2. The molecule has 1 amide bonds. The first kappa shape index (κ1) is 15.0. The van der Waals surface area contributed by atoms with Gasteiger partial charge in [-0.15, -0.1) is 0 Å². The van der Waals surface area contributed by atoms with E-state index < -0.39 is 0 Å². The lowest BCUT2D eigenvalue weighted by Crippen LogP contribution is -2.35. The van der Waals surface area contributed by atoms with Crippen molar-refractivity contribution in [1.82, 2.24) is 4.90 Å². The van der Waals surface area contributed by atoms with E-state index in [0.717, 1.165) is 24.8 Å². The van der Waals surface area contributed by atoms with Crippen LogP contribution >= 0.6 is 0 Å². The van der Waals surface area contributed by atoms with E-state index in [1.165, 1.54) is 10.8 Å². The first-order valence-electron chi connectivity index (χ1n) is 8.03. The molecule has 1 aliphatic rings. The minimum Gasteiger partial charge on any atom is -0.393 e. The number of benzene rings is 2. The number of aliphatic hydroxyl groups excluding tert-OH is 1. The highest BCUT2D eigenvalue weighted by molar-refractivity contribution is 5.85. The Morgan fingerprint density at radius 2 is 1.95 bits per heavy atom. The van der Waals surface area contributed by atoms with Gasteiger partial charge in [0.05, 0.1) is 12.5 Å². The Kier molecular flexibility index (Phi) is 4.44. The average Bonchev–Trinajstić information content (AvgIpc) is 2.92. The van der Waals surface area contributed by atoms with Crippen LogP contribution in [0.1, 0.15) is 24.8 Å². The van der Waals surface area contributed by atoms with Crippen LogP contribution in [0.3, 0.4) is 0 Å². The van der Waals surface area contributed by atoms with Gasteiger partial charge in [0, 0.05) is 19.5 Å². The first-order chi connectivity index (χ1) is 10.6. The van der Waals surface area contributed by atoms with Gasteiger partial charge >= 0.3 is 0 Å². The molecule has 1 saturated carbocycles. The van der Waals surface area contributed by atoms with Crippen LogP contribution in [0.25, 0.3) is 10.8 Å². The molecule has 0 heterocycles. The maximum absolute atomic E-state index is 12.4. The zero-order valence-corrected chi connectivity index (χ0v) is 13.0. The zero-order chi connectivity index (χ0) is 15.5. The van der Waals surface area contributed by atoms with Crippen LogP contribution in [0, 0.1) is 5.92 Å². The van der Waals surface area contributed by atoms with E-state index in [-0.39, 0.29) is 17.9 Å². The molecule has 0 aromatic heterocycles. The standard InChI is InChI=1S/C19H23NO2/c1-20(13-17-7-4-8-18(17)21)19(22)12-14-9-10-15-5-2-3-6-16(15)11-14/h2-3,5-6,9-11,17-18,21H,4,7-8,12-13H2,1H3. The third-order valence-electron chi connectivity index (χ3n) is 4.72. The Morgan fingerprint density at radius 3 is 2.68 bits per heavy atom. The second kappa shape index (κ2) is 6.49. The molecule has 2 aromatic rings. The Labute approximate surface area is 131 Å². The molecule has 0 saturated heterocycles. The van der Waals surface area contributed by atoms with Gasteiger partial charge in [-0.05, 0) is 29.2 Å². The van der Waals surface area contributed by atoms with Crippen molar-refractivity contribution in [3.8, 4) is 0 Å². The fourth-order valence-corrected chi connectivity index (χ4v) is 3.34. The Bertz CT molecular complexity index is 667. The number of hydrogen-bond donors (Lipinski definition) is 1. The molecule has 3 rings (SSSR count). The van der Waals surface area contributed by atoms with Gasteiger partial charge in [0.25, 0.3) is 0 Å². The first-order valence-corrected chi connectivity index (χ1v) is 8.03. The molecule has 1 fully saturated rings. The number of carbonyl (C=O) groups excluding carboxylic acids is 1. The second-order valence-corrected chi connectivity index (χ2v) is 6.39. The van der Waals surface area contributed by atoms with Crippen molar-refractivity contribution in [1.29, 1.82) is 0 Å². The van der Waals surface area contributed by atoms with Crippen LogP contribution in [0.15, 0.2) is 42.5 Å². The topological polar surface area (TPSA) is 40.5 Å². The largest absolute Gasteiger partial charge is 0.393 e. The van der Waals surface area contributed by atoms with Gasteiger partial charge in [-0.2, -0.15) is 0 Å². The number of likely N-dealkylation sites (N-methyl/N-ethyl adjacent to an activating group) is 1. The summed E-state index contributed by atoms with van der Waals surface area (Å²) in [5.41, 5.74) is 1.04. The van der Waals surface area contributed by atoms with E-state index in [1.807, 2.05) is 25.2 Å². The zero-order valence-electron chi connectivity index (χ0n) is 13.0. The summed E-state index contributed by atoms with van der Waals surface area (Å²) >= 11 is 0. The molecular formula is C19H23NO2. The summed E-state index contributed by atoms with van der Waals surface area (Å²) in [6.07, 6.45) is 3.14. The van der Waals surface area contributed by atoms with Crippen molar-refractivity contribution in [3.05, 3.63) is 48.0 Å². The second-order valence-electron chi connectivity index (χ2n) is 6.39. The molecule has 22 heavy (non-hydrogen) atoms. The number of nitrogens with zero attached hydrogens (tertiary/aromatic N) is 1. The van der Waals surface area contributed by atoms with Crippen LogP contribution in [-0.4, -0.2) is 35.6 Å². The lowest BCUT2D eigenvalue weighted by atomic mass is 10.0.